The van der Waals surface area contributed by atoms with Crippen molar-refractivity contribution in [3.05, 3.63) is 166 Å². The van der Waals surface area contributed by atoms with Crippen molar-refractivity contribution < 1.29 is 37.9 Å². The van der Waals surface area contributed by atoms with Crippen LogP contribution in [0.1, 0.15) is 25.0 Å². The minimum absolute atomic E-state index is 0.350. The molecule has 77 heavy (non-hydrogen) atoms. The minimum Gasteiger partial charge on any atom is -0.485 e. The summed E-state index contributed by atoms with van der Waals surface area (Å²) in [5.41, 5.74) is 15.3. The van der Waals surface area contributed by atoms with Gasteiger partial charge in [-0.25, -0.2) is 0 Å². The van der Waals surface area contributed by atoms with Crippen molar-refractivity contribution in [3.63, 3.8) is 0 Å². The van der Waals surface area contributed by atoms with E-state index in [9.17, 15) is 0 Å². The van der Waals surface area contributed by atoms with E-state index in [2.05, 4.69) is 157 Å². The fraction of sp³-hybridized carbons (Fsp3) is 0.175. The molecule has 0 spiro atoms. The molecular formula is C63H48N2O8S4. The first-order chi connectivity index (χ1) is 37.9. The summed E-state index contributed by atoms with van der Waals surface area (Å²) in [6, 6.07) is 49.1. The highest BCUT2D eigenvalue weighted by atomic mass is 32.1. The molecule has 0 N–H and O–H groups in total. The van der Waals surface area contributed by atoms with Crippen LogP contribution in [0, 0.1) is 0 Å². The number of fused-ring (bicyclic) bond motifs is 7. The molecule has 0 bridgehead atoms. The normalized spacial score (nSPS) is 15.1. The molecule has 8 heterocycles. The Hall–Kier alpha value is -7.88. The summed E-state index contributed by atoms with van der Waals surface area (Å²) in [6.45, 7) is 9.14. The molecule has 0 amide bonds. The first kappa shape index (κ1) is 46.4. The van der Waals surface area contributed by atoms with Crippen LogP contribution in [0.3, 0.4) is 0 Å². The van der Waals surface area contributed by atoms with Crippen molar-refractivity contribution >= 4 is 79.5 Å². The van der Waals surface area contributed by atoms with Crippen molar-refractivity contribution in [1.82, 2.24) is 0 Å². The monoisotopic (exact) mass is 1090 g/mol. The van der Waals surface area contributed by atoms with Gasteiger partial charge >= 0.3 is 0 Å². The number of thiophene rings is 4. The van der Waals surface area contributed by atoms with Gasteiger partial charge in [0.15, 0.2) is 46.0 Å². The van der Waals surface area contributed by atoms with Crippen molar-refractivity contribution in [2.45, 2.75) is 19.3 Å². The van der Waals surface area contributed by atoms with Crippen LogP contribution in [-0.2, 0) is 5.41 Å². The second kappa shape index (κ2) is 18.7. The van der Waals surface area contributed by atoms with E-state index >= 15 is 0 Å². The lowest BCUT2D eigenvalue weighted by molar-refractivity contribution is 0.174. The first-order valence-electron chi connectivity index (χ1n) is 25.7. The quantitative estimate of drug-likeness (QED) is 0.132. The van der Waals surface area contributed by atoms with Crippen LogP contribution in [0.4, 0.5) is 34.1 Å². The lowest BCUT2D eigenvalue weighted by atomic mass is 9.82. The van der Waals surface area contributed by atoms with Gasteiger partial charge in [0.1, 0.15) is 52.9 Å². The average molecular weight is 1090 g/mol. The van der Waals surface area contributed by atoms with Gasteiger partial charge in [0, 0.05) is 61.1 Å². The molecule has 10 nitrogen and oxygen atoms in total. The Morgan fingerprint density at radius 2 is 0.558 bits per heavy atom. The van der Waals surface area contributed by atoms with Gasteiger partial charge in [-0.05, 0) is 117 Å². The van der Waals surface area contributed by atoms with E-state index in [0.717, 1.165) is 122 Å². The number of hydrogen-bond acceptors (Lipinski definition) is 14. The molecule has 382 valence electrons. The highest BCUT2D eigenvalue weighted by Gasteiger charge is 2.37. The minimum atomic E-state index is -0.350. The maximum absolute atomic E-state index is 6.10. The Morgan fingerprint density at radius 3 is 0.831 bits per heavy atom. The van der Waals surface area contributed by atoms with E-state index in [-0.39, 0.29) is 5.41 Å². The predicted octanol–water partition coefficient (Wildman–Crippen LogP) is 16.9. The Kier molecular flexibility index (Phi) is 11.3. The van der Waals surface area contributed by atoms with E-state index in [1.54, 1.807) is 45.3 Å². The molecule has 0 atom stereocenters. The fourth-order valence-corrected chi connectivity index (χ4v) is 14.9. The fourth-order valence-electron chi connectivity index (χ4n) is 11.2. The van der Waals surface area contributed by atoms with E-state index in [0.29, 0.717) is 52.9 Å². The molecule has 4 aromatic heterocycles. The van der Waals surface area contributed by atoms with Gasteiger partial charge in [-0.15, -0.1) is 45.3 Å². The van der Waals surface area contributed by atoms with Crippen LogP contribution in [0.15, 0.2) is 155 Å². The van der Waals surface area contributed by atoms with E-state index in [1.165, 1.54) is 22.3 Å². The topological polar surface area (TPSA) is 80.3 Å². The number of benzene rings is 6. The molecule has 0 unspecified atom stereocenters. The lowest BCUT2D eigenvalue weighted by Crippen LogP contribution is -2.17. The zero-order valence-electron chi connectivity index (χ0n) is 42.0. The number of hydrogen-bond donors (Lipinski definition) is 0. The molecule has 6 aromatic carbocycles. The summed E-state index contributed by atoms with van der Waals surface area (Å²) in [4.78, 5) is 9.00. The second-order valence-corrected chi connectivity index (χ2v) is 23.3. The maximum atomic E-state index is 6.10. The van der Waals surface area contributed by atoms with Crippen LogP contribution in [0.5, 0.6) is 46.0 Å². The van der Waals surface area contributed by atoms with Gasteiger partial charge in [0.25, 0.3) is 0 Å². The number of rotatable bonds is 10. The SMILES string of the molecule is CC1(C)c2cc(N(c3ccc(-c4scc5c4OCCO5)cc3)c3ccc(-c4scc5c4OCCO5)cc3)ccc2-c2ccc(N(c3ccc(-c4scc5c4OCCO5)cc3)c3ccc(-c4scc5c4OCCO5)cc3)cc21. The molecule has 0 saturated heterocycles. The van der Waals surface area contributed by atoms with Gasteiger partial charge in [-0.2, -0.15) is 0 Å². The smallest absolute Gasteiger partial charge is 0.179 e. The van der Waals surface area contributed by atoms with Crippen LogP contribution in [0.2, 0.25) is 0 Å². The summed E-state index contributed by atoms with van der Waals surface area (Å²) < 4.78 is 48.1. The Balaban J connectivity index is 0.799. The molecule has 1 aliphatic carbocycles. The Morgan fingerprint density at radius 1 is 0.312 bits per heavy atom. The molecular weight excluding hydrogens is 1040 g/mol. The lowest BCUT2D eigenvalue weighted by Gasteiger charge is -2.29. The third kappa shape index (κ3) is 7.90. The van der Waals surface area contributed by atoms with Gasteiger partial charge < -0.3 is 47.7 Å². The Bertz CT molecular complexity index is 3430. The standard InChI is InChI=1S/C63H48N2O8S4/c1-63(2)49-31-45(64(41-11-3-37(4-12-41)59-55-51(33-74-59)66-23-27-70-55)42-13-5-38(6-14-42)60-56-52(34-75-60)67-24-28-71-56)19-21-47(49)48-22-20-46(32-50(48)63)65(43-15-7-39(8-16-43)61-57-53(35-76-61)68-25-29-72-57)44-17-9-40(10-18-44)62-58-54(36-77-62)69-26-30-73-58/h3-22,31-36H,23-30H2,1-2H3. The third-order valence-electron chi connectivity index (χ3n) is 14.9. The molecule has 0 radical (unpaired) electrons. The number of ether oxygens (including phenoxy) is 8. The molecule has 4 aliphatic heterocycles. The van der Waals surface area contributed by atoms with Crippen LogP contribution >= 0.6 is 45.3 Å². The summed E-state index contributed by atoms with van der Waals surface area (Å²) in [5.74, 6) is 6.56. The van der Waals surface area contributed by atoms with Crippen LogP contribution < -0.4 is 47.7 Å². The molecule has 0 fully saturated rings. The van der Waals surface area contributed by atoms with Crippen molar-refractivity contribution in [3.8, 4) is 98.9 Å². The zero-order chi connectivity index (χ0) is 51.2. The second-order valence-electron chi connectivity index (χ2n) is 19.8. The number of nitrogens with zero attached hydrogens (tertiary/aromatic N) is 2. The summed E-state index contributed by atoms with van der Waals surface area (Å²) in [7, 11) is 0. The molecule has 5 aliphatic rings. The van der Waals surface area contributed by atoms with Gasteiger partial charge in [0.05, 0.1) is 19.5 Å². The van der Waals surface area contributed by atoms with Gasteiger partial charge in [-0.3, -0.25) is 0 Å². The first-order valence-corrected chi connectivity index (χ1v) is 29.2. The molecule has 0 saturated carbocycles. The zero-order valence-corrected chi connectivity index (χ0v) is 45.2. The molecule has 15 rings (SSSR count). The average Bonchev–Trinajstić information content (AvgIpc) is 4.41. The maximum Gasteiger partial charge on any atom is 0.179 e. The van der Waals surface area contributed by atoms with Crippen LogP contribution in [0.25, 0.3) is 52.9 Å². The van der Waals surface area contributed by atoms with E-state index < -0.39 is 0 Å². The largest absolute Gasteiger partial charge is 0.485 e. The Labute approximate surface area is 461 Å². The van der Waals surface area contributed by atoms with Crippen molar-refractivity contribution in [2.75, 3.05) is 62.7 Å². The summed E-state index contributed by atoms with van der Waals surface area (Å²) in [5, 5.41) is 8.17. The molecule has 10 aromatic rings. The summed E-state index contributed by atoms with van der Waals surface area (Å²) >= 11 is 6.60. The van der Waals surface area contributed by atoms with E-state index in [4.69, 9.17) is 37.9 Å². The predicted molar refractivity (Wildman–Crippen MR) is 311 cm³/mol. The molecule has 14 heteroatoms. The highest BCUT2D eigenvalue weighted by Crippen LogP contribution is 2.55. The highest BCUT2D eigenvalue weighted by molar-refractivity contribution is 7.15. The van der Waals surface area contributed by atoms with E-state index in [1.807, 2.05) is 21.5 Å². The van der Waals surface area contributed by atoms with Gasteiger partial charge in [-0.1, -0.05) is 74.5 Å². The van der Waals surface area contributed by atoms with Crippen LogP contribution in [-0.4, -0.2) is 52.9 Å². The summed E-state index contributed by atoms with van der Waals surface area (Å²) in [6.07, 6.45) is 0. The van der Waals surface area contributed by atoms with Gasteiger partial charge in [0.2, 0.25) is 0 Å². The van der Waals surface area contributed by atoms with Crippen molar-refractivity contribution in [2.24, 2.45) is 0 Å². The third-order valence-corrected chi connectivity index (χ3v) is 18.9. The number of anilines is 6. The van der Waals surface area contributed by atoms with Crippen molar-refractivity contribution in [1.29, 1.82) is 0 Å².